The van der Waals surface area contributed by atoms with Crippen LogP contribution >= 0.6 is 11.8 Å². The molecule has 19 heavy (non-hydrogen) atoms. The number of carbonyl (C=O) groups excluding carboxylic acids is 1. The van der Waals surface area contributed by atoms with E-state index in [-0.39, 0.29) is 6.03 Å². The number of nitrogens with one attached hydrogen (secondary N) is 1. The molecule has 0 saturated carbocycles. The van der Waals surface area contributed by atoms with Crippen molar-refractivity contribution in [1.82, 2.24) is 4.90 Å². The SMILES string of the molecule is CCc1cccc(NC(=O)N2CSCC2C(=O)O)c1. The lowest BCUT2D eigenvalue weighted by atomic mass is 10.1. The van der Waals surface area contributed by atoms with Crippen LogP contribution in [0.5, 0.6) is 0 Å². The molecule has 1 heterocycles. The Balaban J connectivity index is 2.06. The van der Waals surface area contributed by atoms with E-state index in [1.54, 1.807) is 6.07 Å². The van der Waals surface area contributed by atoms with Crippen LogP contribution in [-0.4, -0.2) is 39.7 Å². The maximum atomic E-state index is 12.1. The molecule has 6 heteroatoms. The number of urea groups is 1. The van der Waals surface area contributed by atoms with Crippen molar-refractivity contribution in [1.29, 1.82) is 0 Å². The molecule has 5 nitrogen and oxygen atoms in total. The average molecular weight is 280 g/mol. The summed E-state index contributed by atoms with van der Waals surface area (Å²) in [5.41, 5.74) is 1.83. The predicted octanol–water partition coefficient (Wildman–Crippen LogP) is 2.24. The minimum Gasteiger partial charge on any atom is -0.480 e. The lowest BCUT2D eigenvalue weighted by Gasteiger charge is -2.21. The Labute approximate surface area is 116 Å². The highest BCUT2D eigenvalue weighted by molar-refractivity contribution is 7.99. The van der Waals surface area contributed by atoms with E-state index in [0.29, 0.717) is 17.3 Å². The molecule has 1 aromatic rings. The van der Waals surface area contributed by atoms with Gasteiger partial charge < -0.3 is 15.3 Å². The van der Waals surface area contributed by atoms with Gasteiger partial charge in [0.05, 0.1) is 5.88 Å². The first-order chi connectivity index (χ1) is 9.11. The Bertz CT molecular complexity index is 493. The van der Waals surface area contributed by atoms with Crippen molar-refractivity contribution in [3.05, 3.63) is 29.8 Å². The molecule has 1 aliphatic rings. The van der Waals surface area contributed by atoms with Crippen LogP contribution in [0.4, 0.5) is 10.5 Å². The first-order valence-corrected chi connectivity index (χ1v) is 7.24. The number of aliphatic carboxylic acids is 1. The quantitative estimate of drug-likeness (QED) is 0.891. The summed E-state index contributed by atoms with van der Waals surface area (Å²) in [7, 11) is 0. The van der Waals surface area contributed by atoms with Crippen LogP contribution < -0.4 is 5.32 Å². The second kappa shape index (κ2) is 5.97. The van der Waals surface area contributed by atoms with Gasteiger partial charge in [0.1, 0.15) is 6.04 Å². The predicted molar refractivity (Wildman–Crippen MR) is 75.4 cm³/mol. The molecule has 1 aliphatic heterocycles. The van der Waals surface area contributed by atoms with E-state index in [4.69, 9.17) is 5.11 Å². The summed E-state index contributed by atoms with van der Waals surface area (Å²) in [6, 6.07) is 6.47. The molecule has 0 spiro atoms. The van der Waals surface area contributed by atoms with Crippen molar-refractivity contribution in [2.45, 2.75) is 19.4 Å². The van der Waals surface area contributed by atoms with Crippen molar-refractivity contribution in [3.63, 3.8) is 0 Å². The van der Waals surface area contributed by atoms with Gasteiger partial charge >= 0.3 is 12.0 Å². The molecule has 2 amide bonds. The Kier molecular flexibility index (Phi) is 4.31. The Hall–Kier alpha value is -1.69. The number of anilines is 1. The zero-order valence-electron chi connectivity index (χ0n) is 10.6. The van der Waals surface area contributed by atoms with Crippen LogP contribution in [0.15, 0.2) is 24.3 Å². The third-order valence-electron chi connectivity index (χ3n) is 3.01. The molecule has 102 valence electrons. The van der Waals surface area contributed by atoms with Gasteiger partial charge in [-0.3, -0.25) is 0 Å². The first kappa shape index (κ1) is 13.7. The molecule has 2 rings (SSSR count). The van der Waals surface area contributed by atoms with E-state index >= 15 is 0 Å². The van der Waals surface area contributed by atoms with Gasteiger partial charge in [-0.2, -0.15) is 0 Å². The lowest BCUT2D eigenvalue weighted by molar-refractivity contribution is -0.140. The second-order valence-corrected chi connectivity index (χ2v) is 5.31. The van der Waals surface area contributed by atoms with Crippen LogP contribution in [0.3, 0.4) is 0 Å². The number of benzene rings is 1. The normalized spacial score (nSPS) is 18.4. The fraction of sp³-hybridized carbons (Fsp3) is 0.385. The van der Waals surface area contributed by atoms with Crippen molar-refractivity contribution >= 4 is 29.4 Å². The highest BCUT2D eigenvalue weighted by atomic mass is 32.2. The summed E-state index contributed by atoms with van der Waals surface area (Å²) in [5.74, 6) is -0.101. The molecule has 1 saturated heterocycles. The molecular formula is C13H16N2O3S. The summed E-state index contributed by atoms with van der Waals surface area (Å²) >= 11 is 1.45. The van der Waals surface area contributed by atoms with E-state index < -0.39 is 12.0 Å². The maximum Gasteiger partial charge on any atom is 0.327 e. The Morgan fingerprint density at radius 2 is 2.32 bits per heavy atom. The average Bonchev–Trinajstić information content (AvgIpc) is 2.88. The number of amides is 2. The Morgan fingerprint density at radius 3 is 3.00 bits per heavy atom. The van der Waals surface area contributed by atoms with Gasteiger partial charge in [-0.25, -0.2) is 9.59 Å². The smallest absolute Gasteiger partial charge is 0.327 e. The van der Waals surface area contributed by atoms with Crippen LogP contribution in [0.25, 0.3) is 0 Å². The Morgan fingerprint density at radius 1 is 1.53 bits per heavy atom. The van der Waals surface area contributed by atoms with Crippen molar-refractivity contribution < 1.29 is 14.7 Å². The summed E-state index contributed by atoms with van der Waals surface area (Å²) in [5, 5.41) is 11.8. The third-order valence-corrected chi connectivity index (χ3v) is 4.03. The molecule has 1 unspecified atom stereocenters. The summed E-state index contributed by atoms with van der Waals surface area (Å²) in [4.78, 5) is 24.5. The standard InChI is InChI=1S/C13H16N2O3S/c1-2-9-4-3-5-10(6-9)14-13(18)15-8-19-7-11(15)12(16)17/h3-6,11H,2,7-8H2,1H3,(H,14,18)(H,16,17). The molecule has 1 aromatic carbocycles. The minimum absolute atomic E-state index is 0.356. The molecular weight excluding hydrogens is 264 g/mol. The van der Waals surface area contributed by atoms with Crippen LogP contribution in [0.2, 0.25) is 0 Å². The van der Waals surface area contributed by atoms with Gasteiger partial charge in [0.15, 0.2) is 0 Å². The molecule has 2 N–H and O–H groups in total. The second-order valence-electron chi connectivity index (χ2n) is 4.31. The molecule has 0 aromatic heterocycles. The van der Waals surface area contributed by atoms with Gasteiger partial charge in [0.25, 0.3) is 0 Å². The van der Waals surface area contributed by atoms with E-state index in [0.717, 1.165) is 12.0 Å². The van der Waals surface area contributed by atoms with Crippen LogP contribution in [0, 0.1) is 0 Å². The lowest BCUT2D eigenvalue weighted by Crippen LogP contribution is -2.43. The van der Waals surface area contributed by atoms with Crippen molar-refractivity contribution in [3.8, 4) is 0 Å². The minimum atomic E-state index is -0.956. The highest BCUT2D eigenvalue weighted by Crippen LogP contribution is 2.22. The summed E-state index contributed by atoms with van der Waals surface area (Å²) in [6.07, 6.45) is 0.890. The van der Waals surface area contributed by atoms with E-state index in [1.807, 2.05) is 25.1 Å². The number of carboxylic acids is 1. The highest BCUT2D eigenvalue weighted by Gasteiger charge is 2.34. The van der Waals surface area contributed by atoms with Gasteiger partial charge in [0, 0.05) is 11.4 Å². The first-order valence-electron chi connectivity index (χ1n) is 6.09. The number of carbonyl (C=O) groups is 2. The fourth-order valence-corrected chi connectivity index (χ4v) is 3.06. The monoisotopic (exact) mass is 280 g/mol. The number of nitrogens with zero attached hydrogens (tertiary/aromatic N) is 1. The fourth-order valence-electron chi connectivity index (χ4n) is 1.91. The van der Waals surface area contributed by atoms with E-state index in [9.17, 15) is 9.59 Å². The zero-order valence-corrected chi connectivity index (χ0v) is 11.4. The number of rotatable bonds is 3. The molecule has 0 bridgehead atoms. The summed E-state index contributed by atoms with van der Waals surface area (Å²) in [6.45, 7) is 2.04. The number of hydrogen-bond acceptors (Lipinski definition) is 3. The van der Waals surface area contributed by atoms with Crippen LogP contribution in [-0.2, 0) is 11.2 Å². The van der Waals surface area contributed by atoms with Gasteiger partial charge in [-0.15, -0.1) is 11.8 Å². The third kappa shape index (κ3) is 3.20. The van der Waals surface area contributed by atoms with Gasteiger partial charge in [0.2, 0.25) is 0 Å². The van der Waals surface area contributed by atoms with Crippen molar-refractivity contribution in [2.75, 3.05) is 16.9 Å². The number of aryl methyl sites for hydroxylation is 1. The number of thioether (sulfide) groups is 1. The van der Waals surface area contributed by atoms with Gasteiger partial charge in [-0.1, -0.05) is 19.1 Å². The molecule has 0 aliphatic carbocycles. The topological polar surface area (TPSA) is 69.6 Å². The number of carboxylic acid groups (broad SMARTS) is 1. The molecule has 1 atom stereocenters. The molecule has 0 radical (unpaired) electrons. The maximum absolute atomic E-state index is 12.1. The largest absolute Gasteiger partial charge is 0.480 e. The summed E-state index contributed by atoms with van der Waals surface area (Å²) < 4.78 is 0. The van der Waals surface area contributed by atoms with Gasteiger partial charge in [-0.05, 0) is 24.1 Å². The van der Waals surface area contributed by atoms with Crippen LogP contribution in [0.1, 0.15) is 12.5 Å². The van der Waals surface area contributed by atoms with Crippen molar-refractivity contribution in [2.24, 2.45) is 0 Å². The van der Waals surface area contributed by atoms with E-state index in [2.05, 4.69) is 5.32 Å². The molecule has 1 fully saturated rings. The van der Waals surface area contributed by atoms with E-state index in [1.165, 1.54) is 16.7 Å². The number of hydrogen-bond donors (Lipinski definition) is 2. The zero-order chi connectivity index (χ0) is 13.8.